The number of methoxy groups -OCH3 is 1. The first-order valence-electron chi connectivity index (χ1n) is 8.74. The lowest BCUT2D eigenvalue weighted by Crippen LogP contribution is -2.55. The number of Topliss-reactive ketones (excluding diaryl/α,β-unsaturated/α-hetero) is 1. The van der Waals surface area contributed by atoms with E-state index in [2.05, 4.69) is 10.3 Å². The molecule has 1 unspecified atom stereocenters. The van der Waals surface area contributed by atoms with Crippen molar-refractivity contribution in [3.8, 4) is 0 Å². The molecule has 0 fully saturated rings. The van der Waals surface area contributed by atoms with Gasteiger partial charge in [-0.05, 0) is 61.0 Å². The third kappa shape index (κ3) is 4.65. The highest BCUT2D eigenvalue weighted by atomic mass is 16.5. The number of aryl methyl sites for hydroxylation is 1. The number of rotatable bonds is 5. The van der Waals surface area contributed by atoms with E-state index in [1.54, 1.807) is 20.8 Å². The van der Waals surface area contributed by atoms with Crippen molar-refractivity contribution in [1.29, 1.82) is 0 Å². The highest BCUT2D eigenvalue weighted by molar-refractivity contribution is 6.06. The molecule has 0 spiro atoms. The Kier molecular flexibility index (Phi) is 6.63. The van der Waals surface area contributed by atoms with Crippen LogP contribution in [0, 0.1) is 13.8 Å². The smallest absolute Gasteiger partial charge is 0.354 e. The van der Waals surface area contributed by atoms with Gasteiger partial charge in [0.1, 0.15) is 5.69 Å². The van der Waals surface area contributed by atoms with Gasteiger partial charge in [-0.15, -0.1) is 0 Å². The average molecular weight is 365 g/mol. The van der Waals surface area contributed by atoms with Crippen molar-refractivity contribution in [2.24, 2.45) is 0 Å². The van der Waals surface area contributed by atoms with Gasteiger partial charge in [-0.2, -0.15) is 0 Å². The Morgan fingerprint density at radius 1 is 1.12 bits per heavy atom. The van der Waals surface area contributed by atoms with Gasteiger partial charge in [0, 0.05) is 22.8 Å². The molecule has 146 valence electrons. The third-order valence-electron chi connectivity index (χ3n) is 4.14. The Labute approximate surface area is 155 Å². The van der Waals surface area contributed by atoms with Gasteiger partial charge in [-0.3, -0.25) is 4.79 Å². The number of hydrogen-bond acceptors (Lipinski definition) is 4. The van der Waals surface area contributed by atoms with Crippen LogP contribution in [0.15, 0.2) is 0 Å². The van der Waals surface area contributed by atoms with Gasteiger partial charge in [0.2, 0.25) is 0 Å². The fourth-order valence-electron chi connectivity index (χ4n) is 3.00. The van der Waals surface area contributed by atoms with Crippen LogP contribution in [0.4, 0.5) is 4.79 Å². The van der Waals surface area contributed by atoms with Gasteiger partial charge >= 0.3 is 12.0 Å². The summed E-state index contributed by atoms with van der Waals surface area (Å²) in [6.07, 6.45) is 0. The third-order valence-corrected chi connectivity index (χ3v) is 4.14. The van der Waals surface area contributed by atoms with Crippen molar-refractivity contribution >= 4 is 17.8 Å². The lowest BCUT2D eigenvalue weighted by atomic mass is 9.99. The molecule has 26 heavy (non-hydrogen) atoms. The lowest BCUT2D eigenvalue weighted by Gasteiger charge is -2.35. The van der Waals surface area contributed by atoms with Crippen LogP contribution in [0.2, 0.25) is 0 Å². The fourth-order valence-corrected chi connectivity index (χ4v) is 3.00. The minimum Gasteiger partial charge on any atom is -0.464 e. The predicted octanol–water partition coefficient (Wildman–Crippen LogP) is 3.21. The van der Waals surface area contributed by atoms with Crippen LogP contribution >= 0.6 is 0 Å². The van der Waals surface area contributed by atoms with Crippen LogP contribution in [0.3, 0.4) is 0 Å². The van der Waals surface area contributed by atoms with Crippen molar-refractivity contribution in [3.63, 3.8) is 0 Å². The SMILES string of the molecule is COC(=O)c1[nH]c(C)c(C(=O)C(C)N(C(=O)NC(C)(C)C)C(C)C)c1C. The van der Waals surface area contributed by atoms with Gasteiger partial charge in [0.15, 0.2) is 5.78 Å². The minimum atomic E-state index is -0.684. The molecule has 7 heteroatoms. The number of esters is 1. The standard InChI is InChI=1S/C19H31N3O4/c1-10(2)22(18(25)21-19(6,7)8)13(5)16(23)14-11(3)15(17(24)26-9)20-12(14)4/h10,13,20H,1-9H3,(H,21,25). The summed E-state index contributed by atoms with van der Waals surface area (Å²) in [5.41, 5.74) is 1.39. The predicted molar refractivity (Wildman–Crippen MR) is 101 cm³/mol. The van der Waals surface area contributed by atoms with E-state index in [9.17, 15) is 14.4 Å². The second kappa shape index (κ2) is 7.93. The van der Waals surface area contributed by atoms with Crippen LogP contribution in [-0.4, -0.2) is 52.4 Å². The van der Waals surface area contributed by atoms with E-state index in [1.807, 2.05) is 34.6 Å². The molecule has 0 aliphatic rings. The van der Waals surface area contributed by atoms with E-state index >= 15 is 0 Å². The van der Waals surface area contributed by atoms with E-state index in [0.717, 1.165) is 0 Å². The van der Waals surface area contributed by atoms with Crippen molar-refractivity contribution in [3.05, 3.63) is 22.5 Å². The molecule has 1 heterocycles. The van der Waals surface area contributed by atoms with Gasteiger partial charge < -0.3 is 19.9 Å². The molecule has 0 saturated carbocycles. The zero-order valence-electron chi connectivity index (χ0n) is 17.2. The summed E-state index contributed by atoms with van der Waals surface area (Å²) in [5.74, 6) is -0.743. The highest BCUT2D eigenvalue weighted by Crippen LogP contribution is 2.23. The molecule has 1 aromatic heterocycles. The number of aromatic nitrogens is 1. The zero-order valence-corrected chi connectivity index (χ0v) is 17.2. The molecule has 7 nitrogen and oxygen atoms in total. The Morgan fingerprint density at radius 3 is 2.08 bits per heavy atom. The topological polar surface area (TPSA) is 91.5 Å². The summed E-state index contributed by atoms with van der Waals surface area (Å²) >= 11 is 0. The highest BCUT2D eigenvalue weighted by Gasteiger charge is 2.33. The number of carbonyl (C=O) groups excluding carboxylic acids is 3. The van der Waals surface area contributed by atoms with E-state index in [-0.39, 0.29) is 23.6 Å². The van der Waals surface area contributed by atoms with Gasteiger partial charge in [-0.25, -0.2) is 9.59 Å². The van der Waals surface area contributed by atoms with Crippen LogP contribution in [0.5, 0.6) is 0 Å². The molecule has 0 aliphatic heterocycles. The summed E-state index contributed by atoms with van der Waals surface area (Å²) in [4.78, 5) is 42.1. The fraction of sp³-hybridized carbons (Fsp3) is 0.632. The largest absolute Gasteiger partial charge is 0.464 e. The van der Waals surface area contributed by atoms with Crippen LogP contribution in [0.1, 0.15) is 73.6 Å². The average Bonchev–Trinajstić information content (AvgIpc) is 2.78. The van der Waals surface area contributed by atoms with E-state index in [1.165, 1.54) is 12.0 Å². The summed E-state index contributed by atoms with van der Waals surface area (Å²) < 4.78 is 4.75. The Morgan fingerprint density at radius 2 is 1.65 bits per heavy atom. The molecule has 1 atom stereocenters. The number of nitrogens with one attached hydrogen (secondary N) is 2. The summed E-state index contributed by atoms with van der Waals surface area (Å²) in [6.45, 7) is 14.5. The first-order chi connectivity index (χ1) is 11.8. The van der Waals surface area contributed by atoms with E-state index < -0.39 is 17.6 Å². The lowest BCUT2D eigenvalue weighted by molar-refractivity contribution is 0.0593. The summed E-state index contributed by atoms with van der Waals surface area (Å²) in [7, 11) is 1.29. The first kappa shape index (κ1) is 21.7. The van der Waals surface area contributed by atoms with Crippen molar-refractivity contribution in [1.82, 2.24) is 15.2 Å². The number of amides is 2. The van der Waals surface area contributed by atoms with Crippen molar-refractivity contribution < 1.29 is 19.1 Å². The Hall–Kier alpha value is -2.31. The number of aromatic amines is 1. The molecule has 1 aromatic rings. The maximum Gasteiger partial charge on any atom is 0.354 e. The van der Waals surface area contributed by atoms with Crippen molar-refractivity contribution in [2.45, 2.75) is 73.0 Å². The van der Waals surface area contributed by atoms with Crippen LogP contribution in [-0.2, 0) is 4.74 Å². The molecule has 2 amide bonds. The molecule has 0 radical (unpaired) electrons. The normalized spacial score (nSPS) is 12.7. The maximum atomic E-state index is 13.1. The molecular formula is C19H31N3O4. The Bertz CT molecular complexity index is 698. The Balaban J connectivity index is 3.24. The van der Waals surface area contributed by atoms with Gasteiger partial charge in [0.05, 0.1) is 13.2 Å². The zero-order chi connectivity index (χ0) is 20.4. The molecule has 2 N–H and O–H groups in total. The van der Waals surface area contributed by atoms with Crippen LogP contribution in [0.25, 0.3) is 0 Å². The summed E-state index contributed by atoms with van der Waals surface area (Å²) in [5, 5.41) is 2.90. The molecule has 0 bridgehead atoms. The minimum absolute atomic E-state index is 0.170. The first-order valence-corrected chi connectivity index (χ1v) is 8.74. The number of urea groups is 1. The number of nitrogens with zero attached hydrogens (tertiary/aromatic N) is 1. The van der Waals surface area contributed by atoms with Crippen molar-refractivity contribution in [2.75, 3.05) is 7.11 Å². The number of hydrogen-bond donors (Lipinski definition) is 2. The summed E-state index contributed by atoms with van der Waals surface area (Å²) in [6, 6.07) is -1.15. The second-order valence-electron chi connectivity index (χ2n) is 7.84. The number of ether oxygens (including phenoxy) is 1. The molecule has 0 aromatic carbocycles. The molecular weight excluding hydrogens is 334 g/mol. The number of ketones is 1. The maximum absolute atomic E-state index is 13.1. The van der Waals surface area contributed by atoms with E-state index in [0.29, 0.717) is 16.8 Å². The monoisotopic (exact) mass is 365 g/mol. The quantitative estimate of drug-likeness (QED) is 0.619. The van der Waals surface area contributed by atoms with Gasteiger partial charge in [-0.1, -0.05) is 0 Å². The number of carbonyl (C=O) groups is 3. The van der Waals surface area contributed by atoms with Crippen LogP contribution < -0.4 is 5.32 Å². The van der Waals surface area contributed by atoms with Gasteiger partial charge in [0.25, 0.3) is 0 Å². The van der Waals surface area contributed by atoms with E-state index in [4.69, 9.17) is 4.74 Å². The molecule has 1 rings (SSSR count). The number of H-pyrrole nitrogens is 1. The molecule has 0 saturated heterocycles. The molecule has 0 aliphatic carbocycles. The second-order valence-corrected chi connectivity index (χ2v) is 7.84.